The molecule has 1 fully saturated rings. The first-order valence-corrected chi connectivity index (χ1v) is 5.03. The number of rotatable bonds is 1. The fourth-order valence-corrected chi connectivity index (χ4v) is 1.36. The lowest BCUT2D eigenvalue weighted by atomic mass is 10.0. The van der Waals surface area contributed by atoms with Gasteiger partial charge in [0.1, 0.15) is 11.1 Å². The summed E-state index contributed by atoms with van der Waals surface area (Å²) in [5.74, 6) is -0.183. The molecule has 4 heteroatoms. The van der Waals surface area contributed by atoms with Crippen molar-refractivity contribution in [3.8, 4) is 0 Å². The van der Waals surface area contributed by atoms with Crippen molar-refractivity contribution in [1.82, 2.24) is 10.6 Å². The fourth-order valence-electron chi connectivity index (χ4n) is 1.36. The van der Waals surface area contributed by atoms with Crippen molar-refractivity contribution >= 4 is 5.97 Å². The lowest BCUT2D eigenvalue weighted by molar-refractivity contribution is -0.162. The molecular weight excluding hydrogens is 180 g/mol. The molecule has 2 N–H and O–H groups in total. The molecule has 0 aliphatic carbocycles. The van der Waals surface area contributed by atoms with Crippen LogP contribution in [0.15, 0.2) is 0 Å². The van der Waals surface area contributed by atoms with E-state index < -0.39 is 11.1 Å². The van der Waals surface area contributed by atoms with Gasteiger partial charge in [0.2, 0.25) is 0 Å². The zero-order valence-corrected chi connectivity index (χ0v) is 9.44. The van der Waals surface area contributed by atoms with Crippen LogP contribution >= 0.6 is 0 Å². The number of hydrogen-bond acceptors (Lipinski definition) is 4. The van der Waals surface area contributed by atoms with E-state index in [1.165, 1.54) is 0 Å². The van der Waals surface area contributed by atoms with Crippen molar-refractivity contribution in [2.24, 2.45) is 0 Å². The van der Waals surface area contributed by atoms with Crippen LogP contribution < -0.4 is 10.6 Å². The molecule has 1 rings (SSSR count). The topological polar surface area (TPSA) is 50.4 Å². The Balaban J connectivity index is 2.58. The smallest absolute Gasteiger partial charge is 0.327 e. The molecule has 0 aromatic rings. The first-order chi connectivity index (χ1) is 6.33. The summed E-state index contributed by atoms with van der Waals surface area (Å²) in [6.45, 7) is 9.84. The van der Waals surface area contributed by atoms with E-state index in [4.69, 9.17) is 4.74 Å². The summed E-state index contributed by atoms with van der Waals surface area (Å²) in [7, 11) is 0. The second-order valence-electron chi connectivity index (χ2n) is 4.94. The van der Waals surface area contributed by atoms with Gasteiger partial charge in [-0.05, 0) is 27.7 Å². The second-order valence-corrected chi connectivity index (χ2v) is 4.94. The molecule has 4 nitrogen and oxygen atoms in total. The van der Waals surface area contributed by atoms with Gasteiger partial charge in [0.05, 0.1) is 0 Å². The number of nitrogens with one attached hydrogen (secondary N) is 2. The van der Waals surface area contributed by atoms with Gasteiger partial charge in [0.25, 0.3) is 0 Å². The Bertz CT molecular complexity index is 215. The highest BCUT2D eigenvalue weighted by molar-refractivity contribution is 5.81. The Labute approximate surface area is 85.4 Å². The van der Waals surface area contributed by atoms with Crippen LogP contribution in [0.2, 0.25) is 0 Å². The summed E-state index contributed by atoms with van der Waals surface area (Å²) in [5.41, 5.74) is -0.995. The van der Waals surface area contributed by atoms with Gasteiger partial charge >= 0.3 is 5.97 Å². The predicted molar refractivity (Wildman–Crippen MR) is 55.1 cm³/mol. The van der Waals surface area contributed by atoms with Crippen LogP contribution in [0.3, 0.4) is 0 Å². The summed E-state index contributed by atoms with van der Waals surface area (Å²) in [6, 6.07) is 0. The Kier molecular flexibility index (Phi) is 3.17. The predicted octanol–water partition coefficient (Wildman–Crippen LogP) is 0.280. The van der Waals surface area contributed by atoms with E-state index in [1.54, 1.807) is 0 Å². The van der Waals surface area contributed by atoms with Crippen LogP contribution in [0.5, 0.6) is 0 Å². The minimum absolute atomic E-state index is 0.183. The molecule has 0 aromatic carbocycles. The third kappa shape index (κ3) is 2.96. The van der Waals surface area contributed by atoms with Crippen molar-refractivity contribution in [2.45, 2.75) is 38.8 Å². The minimum Gasteiger partial charge on any atom is -0.459 e. The molecule has 1 saturated heterocycles. The van der Waals surface area contributed by atoms with E-state index >= 15 is 0 Å². The Morgan fingerprint density at radius 1 is 1.36 bits per heavy atom. The average molecular weight is 200 g/mol. The van der Waals surface area contributed by atoms with Gasteiger partial charge in [-0.25, -0.2) is 4.79 Å². The van der Waals surface area contributed by atoms with Crippen LogP contribution in [-0.2, 0) is 9.53 Å². The van der Waals surface area contributed by atoms with Gasteiger partial charge < -0.3 is 10.1 Å². The standard InChI is InChI=1S/C10H20N2O2/c1-9(2,3)14-8(13)10(4)7-11-5-6-12-10/h11-12H,5-7H2,1-4H3. The third-order valence-corrected chi connectivity index (χ3v) is 2.14. The van der Waals surface area contributed by atoms with Crippen molar-refractivity contribution in [3.05, 3.63) is 0 Å². The van der Waals surface area contributed by atoms with Gasteiger partial charge in [-0.3, -0.25) is 5.32 Å². The zero-order chi connectivity index (χ0) is 10.8. The van der Waals surface area contributed by atoms with Gasteiger partial charge in [-0.2, -0.15) is 0 Å². The largest absolute Gasteiger partial charge is 0.459 e. The van der Waals surface area contributed by atoms with Crippen molar-refractivity contribution < 1.29 is 9.53 Å². The van der Waals surface area contributed by atoms with Crippen LogP contribution in [0.1, 0.15) is 27.7 Å². The van der Waals surface area contributed by atoms with E-state index in [-0.39, 0.29) is 5.97 Å². The van der Waals surface area contributed by atoms with Crippen molar-refractivity contribution in [2.75, 3.05) is 19.6 Å². The van der Waals surface area contributed by atoms with Crippen molar-refractivity contribution in [3.63, 3.8) is 0 Å². The normalized spacial score (nSPS) is 28.6. The molecule has 1 unspecified atom stereocenters. The van der Waals surface area contributed by atoms with E-state index in [1.807, 2.05) is 27.7 Å². The third-order valence-electron chi connectivity index (χ3n) is 2.14. The average Bonchev–Trinajstić information content (AvgIpc) is 2.02. The molecular formula is C10H20N2O2. The maximum atomic E-state index is 11.8. The molecule has 14 heavy (non-hydrogen) atoms. The van der Waals surface area contributed by atoms with E-state index in [0.717, 1.165) is 13.1 Å². The molecule has 0 spiro atoms. The fraction of sp³-hybridized carbons (Fsp3) is 0.900. The monoisotopic (exact) mass is 200 g/mol. The van der Waals surface area contributed by atoms with Gasteiger partial charge in [-0.1, -0.05) is 0 Å². The SMILES string of the molecule is CC(C)(C)OC(=O)C1(C)CNCCN1. The molecule has 0 amide bonds. The summed E-state index contributed by atoms with van der Waals surface area (Å²) in [4.78, 5) is 11.8. The van der Waals surface area contributed by atoms with Crippen LogP contribution in [0.25, 0.3) is 0 Å². The molecule has 1 atom stereocenters. The minimum atomic E-state index is -0.578. The lowest BCUT2D eigenvalue weighted by Crippen LogP contribution is -2.63. The number of ether oxygens (including phenoxy) is 1. The Hall–Kier alpha value is -0.610. The molecule has 82 valence electrons. The molecule has 0 saturated carbocycles. The van der Waals surface area contributed by atoms with Crippen molar-refractivity contribution in [1.29, 1.82) is 0 Å². The molecule has 1 aliphatic heterocycles. The van der Waals surface area contributed by atoms with Crippen LogP contribution in [0.4, 0.5) is 0 Å². The quantitative estimate of drug-likeness (QED) is 0.597. The van der Waals surface area contributed by atoms with Gasteiger partial charge in [-0.15, -0.1) is 0 Å². The first kappa shape index (κ1) is 11.5. The van der Waals surface area contributed by atoms with Gasteiger partial charge in [0, 0.05) is 19.6 Å². The maximum Gasteiger partial charge on any atom is 0.327 e. The number of carbonyl (C=O) groups is 1. The maximum absolute atomic E-state index is 11.8. The van der Waals surface area contributed by atoms with Gasteiger partial charge in [0.15, 0.2) is 0 Å². The number of hydrogen-bond donors (Lipinski definition) is 2. The molecule has 1 aliphatic rings. The van der Waals surface area contributed by atoms with E-state index in [2.05, 4.69) is 10.6 Å². The summed E-state index contributed by atoms with van der Waals surface area (Å²) in [5, 5.41) is 6.36. The lowest BCUT2D eigenvalue weighted by Gasteiger charge is -2.35. The summed E-state index contributed by atoms with van der Waals surface area (Å²) >= 11 is 0. The molecule has 1 heterocycles. The highest BCUT2D eigenvalue weighted by Gasteiger charge is 2.37. The summed E-state index contributed by atoms with van der Waals surface area (Å²) < 4.78 is 5.34. The number of esters is 1. The zero-order valence-electron chi connectivity index (χ0n) is 9.44. The van der Waals surface area contributed by atoms with Crippen LogP contribution in [0, 0.1) is 0 Å². The van der Waals surface area contributed by atoms with Crippen LogP contribution in [-0.4, -0.2) is 36.7 Å². The highest BCUT2D eigenvalue weighted by atomic mass is 16.6. The number of carbonyl (C=O) groups excluding carboxylic acids is 1. The Morgan fingerprint density at radius 2 is 2.00 bits per heavy atom. The molecule has 0 bridgehead atoms. The second kappa shape index (κ2) is 3.87. The van der Waals surface area contributed by atoms with E-state index in [0.29, 0.717) is 6.54 Å². The summed E-state index contributed by atoms with van der Waals surface area (Å²) in [6.07, 6.45) is 0. The molecule has 0 aromatic heterocycles. The highest BCUT2D eigenvalue weighted by Crippen LogP contribution is 2.14. The Morgan fingerprint density at radius 3 is 2.43 bits per heavy atom. The number of piperazine rings is 1. The first-order valence-electron chi connectivity index (χ1n) is 5.03. The van der Waals surface area contributed by atoms with E-state index in [9.17, 15) is 4.79 Å². The molecule has 0 radical (unpaired) electrons.